The third kappa shape index (κ3) is 4.04. The number of halogens is 2. The lowest BCUT2D eigenvalue weighted by atomic mass is 9.83. The van der Waals surface area contributed by atoms with E-state index in [4.69, 9.17) is 5.73 Å². The van der Waals surface area contributed by atoms with Crippen molar-refractivity contribution in [3.63, 3.8) is 0 Å². The van der Waals surface area contributed by atoms with Crippen LogP contribution in [0.3, 0.4) is 0 Å². The molecule has 3 rings (SSSR count). The summed E-state index contributed by atoms with van der Waals surface area (Å²) in [5.74, 6) is 0. The smallest absolute Gasteiger partial charge is 0.116 e. The normalized spacial score (nSPS) is 13.4. The number of nitrogens with two attached hydrogens (primary N) is 1. The van der Waals surface area contributed by atoms with Gasteiger partial charge in [-0.1, -0.05) is 80.4 Å². The van der Waals surface area contributed by atoms with Gasteiger partial charge in [-0.2, -0.15) is 0 Å². The first-order valence-corrected chi connectivity index (χ1v) is 9.66. The van der Waals surface area contributed by atoms with E-state index in [2.05, 4.69) is 44.0 Å². The lowest BCUT2D eigenvalue weighted by Gasteiger charge is -2.29. The minimum atomic E-state index is -1.09. The van der Waals surface area contributed by atoms with Gasteiger partial charge in [0.1, 0.15) is 5.60 Å². The van der Waals surface area contributed by atoms with Gasteiger partial charge in [-0.3, -0.25) is 0 Å². The van der Waals surface area contributed by atoms with Crippen LogP contribution < -0.4 is 5.73 Å². The second kappa shape index (κ2) is 7.83. The molecule has 0 aromatic heterocycles. The van der Waals surface area contributed by atoms with Crippen LogP contribution in [0.1, 0.15) is 17.5 Å². The fourth-order valence-electron chi connectivity index (χ4n) is 2.97. The van der Waals surface area contributed by atoms with E-state index in [1.54, 1.807) is 0 Å². The molecule has 3 N–H and O–H groups in total. The molecule has 0 saturated carbocycles. The van der Waals surface area contributed by atoms with Crippen molar-refractivity contribution in [1.82, 2.24) is 0 Å². The average molecular weight is 461 g/mol. The van der Waals surface area contributed by atoms with Crippen LogP contribution in [0.2, 0.25) is 0 Å². The van der Waals surface area contributed by atoms with E-state index in [0.717, 1.165) is 31.2 Å². The van der Waals surface area contributed by atoms with Crippen LogP contribution in [-0.2, 0) is 5.60 Å². The highest BCUT2D eigenvalue weighted by molar-refractivity contribution is 9.10. The number of benzene rings is 3. The molecule has 0 aliphatic carbocycles. The van der Waals surface area contributed by atoms with E-state index in [1.165, 1.54) is 0 Å². The third-order valence-corrected chi connectivity index (χ3v) is 5.43. The molecule has 1 atom stereocenters. The Balaban J connectivity index is 1.97. The lowest BCUT2D eigenvalue weighted by molar-refractivity contribution is 0.0737. The first-order valence-electron chi connectivity index (χ1n) is 8.08. The van der Waals surface area contributed by atoms with E-state index < -0.39 is 5.60 Å². The van der Waals surface area contributed by atoms with E-state index in [1.807, 2.05) is 60.7 Å². The van der Waals surface area contributed by atoms with Gasteiger partial charge in [0.2, 0.25) is 0 Å². The molecule has 4 heteroatoms. The monoisotopic (exact) mass is 459 g/mol. The molecule has 0 aliphatic heterocycles. The molecule has 3 aromatic carbocycles. The van der Waals surface area contributed by atoms with Gasteiger partial charge in [0.05, 0.1) is 0 Å². The van der Waals surface area contributed by atoms with Gasteiger partial charge >= 0.3 is 0 Å². The SMILES string of the molecule is NCCC(O)(c1ccc(Br)cc1)c1ccc(-c2ccc(Br)cc2)cc1. The van der Waals surface area contributed by atoms with Crippen molar-refractivity contribution in [2.24, 2.45) is 5.73 Å². The van der Waals surface area contributed by atoms with Crippen LogP contribution in [-0.4, -0.2) is 11.7 Å². The zero-order chi connectivity index (χ0) is 17.9. The van der Waals surface area contributed by atoms with Crippen molar-refractivity contribution in [3.05, 3.63) is 92.9 Å². The zero-order valence-corrected chi connectivity index (χ0v) is 16.8. The molecule has 0 spiro atoms. The predicted molar refractivity (Wildman–Crippen MR) is 110 cm³/mol. The molecule has 25 heavy (non-hydrogen) atoms. The predicted octanol–water partition coefficient (Wildman–Crippen LogP) is 5.46. The highest BCUT2D eigenvalue weighted by Crippen LogP contribution is 2.34. The first-order chi connectivity index (χ1) is 12.0. The molecule has 0 fully saturated rings. The molecule has 0 aliphatic rings. The van der Waals surface area contributed by atoms with Gasteiger partial charge in [0.25, 0.3) is 0 Å². The number of aliphatic hydroxyl groups is 1. The molecule has 3 aromatic rings. The molecule has 2 nitrogen and oxygen atoms in total. The average Bonchev–Trinajstić information content (AvgIpc) is 2.63. The van der Waals surface area contributed by atoms with Gasteiger partial charge in [0, 0.05) is 8.95 Å². The van der Waals surface area contributed by atoms with E-state index in [0.29, 0.717) is 13.0 Å². The van der Waals surface area contributed by atoms with Crippen LogP contribution in [0, 0.1) is 0 Å². The summed E-state index contributed by atoms with van der Waals surface area (Å²) in [7, 11) is 0. The Labute approximate surface area is 165 Å². The molecular formula is C21H19Br2NO. The van der Waals surface area contributed by atoms with Crippen molar-refractivity contribution >= 4 is 31.9 Å². The summed E-state index contributed by atoms with van der Waals surface area (Å²) in [5, 5.41) is 11.3. The summed E-state index contributed by atoms with van der Waals surface area (Å²) in [6.07, 6.45) is 0.465. The third-order valence-electron chi connectivity index (χ3n) is 4.37. The molecule has 0 heterocycles. The van der Waals surface area contributed by atoms with Crippen LogP contribution in [0.4, 0.5) is 0 Å². The minimum absolute atomic E-state index is 0.404. The first kappa shape index (κ1) is 18.3. The number of hydrogen-bond acceptors (Lipinski definition) is 2. The quantitative estimate of drug-likeness (QED) is 0.530. The Morgan fingerprint density at radius 1 is 0.680 bits per heavy atom. The van der Waals surface area contributed by atoms with E-state index in [9.17, 15) is 5.11 Å². The van der Waals surface area contributed by atoms with Crippen LogP contribution >= 0.6 is 31.9 Å². The summed E-state index contributed by atoms with van der Waals surface area (Å²) in [4.78, 5) is 0. The fourth-order valence-corrected chi connectivity index (χ4v) is 3.50. The largest absolute Gasteiger partial charge is 0.380 e. The van der Waals surface area contributed by atoms with Crippen LogP contribution in [0.25, 0.3) is 11.1 Å². The summed E-state index contributed by atoms with van der Waals surface area (Å²) in [6.45, 7) is 0.404. The highest BCUT2D eigenvalue weighted by atomic mass is 79.9. The van der Waals surface area contributed by atoms with Crippen molar-refractivity contribution < 1.29 is 5.11 Å². The lowest BCUT2D eigenvalue weighted by Crippen LogP contribution is -2.30. The summed E-state index contributed by atoms with van der Waals surface area (Å²) in [6, 6.07) is 24.0. The highest BCUT2D eigenvalue weighted by Gasteiger charge is 2.30. The summed E-state index contributed by atoms with van der Waals surface area (Å²) >= 11 is 6.89. The molecular weight excluding hydrogens is 442 g/mol. The second-order valence-corrected chi connectivity index (χ2v) is 7.82. The Hall–Kier alpha value is -1.46. The standard InChI is InChI=1S/C21H19Br2NO/c22-19-9-3-16(4-10-19)15-1-5-17(6-2-15)21(25,13-14-24)18-7-11-20(23)12-8-18/h1-12,25H,13-14,24H2. The second-order valence-electron chi connectivity index (χ2n) is 5.99. The van der Waals surface area contributed by atoms with Gasteiger partial charge < -0.3 is 10.8 Å². The molecule has 0 radical (unpaired) electrons. The number of hydrogen-bond donors (Lipinski definition) is 2. The molecule has 0 saturated heterocycles. The minimum Gasteiger partial charge on any atom is -0.380 e. The van der Waals surface area contributed by atoms with Crippen molar-refractivity contribution in [2.45, 2.75) is 12.0 Å². The van der Waals surface area contributed by atoms with Crippen LogP contribution in [0.5, 0.6) is 0 Å². The zero-order valence-electron chi connectivity index (χ0n) is 13.6. The van der Waals surface area contributed by atoms with E-state index in [-0.39, 0.29) is 0 Å². The Morgan fingerprint density at radius 3 is 1.48 bits per heavy atom. The summed E-state index contributed by atoms with van der Waals surface area (Å²) in [5.41, 5.74) is 8.64. The summed E-state index contributed by atoms with van der Waals surface area (Å²) < 4.78 is 2.04. The number of rotatable bonds is 5. The molecule has 0 bridgehead atoms. The van der Waals surface area contributed by atoms with E-state index >= 15 is 0 Å². The molecule has 0 amide bonds. The van der Waals surface area contributed by atoms with Crippen molar-refractivity contribution in [1.29, 1.82) is 0 Å². The Bertz CT molecular complexity index is 829. The Morgan fingerprint density at radius 2 is 1.04 bits per heavy atom. The van der Waals surface area contributed by atoms with Gasteiger partial charge in [-0.05, 0) is 59.5 Å². The molecule has 128 valence electrons. The van der Waals surface area contributed by atoms with Gasteiger partial charge in [-0.15, -0.1) is 0 Å². The maximum absolute atomic E-state index is 11.3. The van der Waals surface area contributed by atoms with Crippen LogP contribution in [0.15, 0.2) is 81.7 Å². The topological polar surface area (TPSA) is 46.2 Å². The Kier molecular flexibility index (Phi) is 5.74. The van der Waals surface area contributed by atoms with Gasteiger partial charge in [-0.25, -0.2) is 0 Å². The fraction of sp³-hybridized carbons (Fsp3) is 0.143. The molecule has 1 unspecified atom stereocenters. The maximum atomic E-state index is 11.3. The van der Waals surface area contributed by atoms with Gasteiger partial charge in [0.15, 0.2) is 0 Å². The van der Waals surface area contributed by atoms with Crippen molar-refractivity contribution in [3.8, 4) is 11.1 Å². The van der Waals surface area contributed by atoms with Crippen molar-refractivity contribution in [2.75, 3.05) is 6.54 Å². The maximum Gasteiger partial charge on any atom is 0.116 e.